The molecule has 0 amide bonds. The van der Waals surface area contributed by atoms with Crippen molar-refractivity contribution in [3.63, 3.8) is 0 Å². The highest BCUT2D eigenvalue weighted by atomic mass is 16.3. The summed E-state index contributed by atoms with van der Waals surface area (Å²) in [6.07, 6.45) is 0.609. The van der Waals surface area contributed by atoms with Crippen molar-refractivity contribution in [1.82, 2.24) is 5.32 Å². The van der Waals surface area contributed by atoms with Gasteiger partial charge in [0.05, 0.1) is 6.10 Å². The summed E-state index contributed by atoms with van der Waals surface area (Å²) in [5.41, 5.74) is 0. The van der Waals surface area contributed by atoms with Crippen LogP contribution in [0.2, 0.25) is 0 Å². The van der Waals surface area contributed by atoms with E-state index in [1.54, 1.807) is 6.92 Å². The van der Waals surface area contributed by atoms with Gasteiger partial charge >= 0.3 is 0 Å². The third-order valence-corrected chi connectivity index (χ3v) is 1.04. The fourth-order valence-electron chi connectivity index (χ4n) is 0.587. The van der Waals surface area contributed by atoms with Crippen LogP contribution in [-0.4, -0.2) is 24.3 Å². The maximum absolute atomic E-state index is 8.81. The Morgan fingerprint density at radius 2 is 2.30 bits per heavy atom. The monoisotopic (exact) mass is 141 g/mol. The molecule has 0 saturated carbocycles. The van der Waals surface area contributed by atoms with Gasteiger partial charge in [0.15, 0.2) is 0 Å². The van der Waals surface area contributed by atoms with E-state index >= 15 is 0 Å². The van der Waals surface area contributed by atoms with Gasteiger partial charge in [-0.2, -0.15) is 0 Å². The minimum atomic E-state index is -0.255. The van der Waals surface area contributed by atoms with Crippen LogP contribution in [-0.2, 0) is 0 Å². The van der Waals surface area contributed by atoms with E-state index in [4.69, 9.17) is 5.11 Å². The van der Waals surface area contributed by atoms with E-state index in [-0.39, 0.29) is 6.10 Å². The molecule has 0 aliphatic heterocycles. The van der Waals surface area contributed by atoms with E-state index in [1.165, 1.54) is 0 Å². The first-order valence-electron chi connectivity index (χ1n) is 3.55. The molecule has 0 saturated heterocycles. The lowest BCUT2D eigenvalue weighted by Crippen LogP contribution is -2.24. The fourth-order valence-corrected chi connectivity index (χ4v) is 0.587. The van der Waals surface area contributed by atoms with Gasteiger partial charge in [-0.3, -0.25) is 0 Å². The van der Waals surface area contributed by atoms with Crippen LogP contribution in [0.4, 0.5) is 0 Å². The lowest BCUT2D eigenvalue weighted by molar-refractivity contribution is 0.192. The van der Waals surface area contributed by atoms with Gasteiger partial charge in [0.2, 0.25) is 0 Å². The van der Waals surface area contributed by atoms with Crippen molar-refractivity contribution < 1.29 is 5.11 Å². The number of hydrogen-bond donors (Lipinski definition) is 2. The third-order valence-electron chi connectivity index (χ3n) is 1.04. The molecule has 0 rings (SSSR count). The van der Waals surface area contributed by atoms with Crippen molar-refractivity contribution in [2.75, 3.05) is 13.1 Å². The molecule has 0 radical (unpaired) electrons. The van der Waals surface area contributed by atoms with Gasteiger partial charge in [-0.15, -0.1) is 11.8 Å². The standard InChI is InChI=1S/C8H15NO/c1-3-4-5-6-9-7-8(2)10/h8-10H,5-7H2,1-2H3/t8-/m0/s1. The molecule has 0 fully saturated rings. The van der Waals surface area contributed by atoms with E-state index in [2.05, 4.69) is 17.2 Å². The van der Waals surface area contributed by atoms with E-state index in [0.29, 0.717) is 6.54 Å². The Labute approximate surface area is 62.6 Å². The zero-order chi connectivity index (χ0) is 7.82. The van der Waals surface area contributed by atoms with Gasteiger partial charge in [0.25, 0.3) is 0 Å². The summed E-state index contributed by atoms with van der Waals surface area (Å²) in [5.74, 6) is 5.73. The van der Waals surface area contributed by atoms with E-state index in [0.717, 1.165) is 13.0 Å². The average Bonchev–Trinajstić information content (AvgIpc) is 1.87. The number of aliphatic hydroxyl groups excluding tert-OH is 1. The second-order valence-electron chi connectivity index (χ2n) is 2.23. The van der Waals surface area contributed by atoms with Crippen LogP contribution < -0.4 is 5.32 Å². The Morgan fingerprint density at radius 1 is 1.60 bits per heavy atom. The van der Waals surface area contributed by atoms with Crippen LogP contribution in [0.15, 0.2) is 0 Å². The molecule has 0 bridgehead atoms. The Hall–Kier alpha value is -0.520. The van der Waals surface area contributed by atoms with Gasteiger partial charge in [-0.1, -0.05) is 0 Å². The van der Waals surface area contributed by atoms with Crippen molar-refractivity contribution in [2.45, 2.75) is 26.4 Å². The number of rotatable bonds is 4. The summed E-state index contributed by atoms with van der Waals surface area (Å²) in [6.45, 7) is 5.12. The first kappa shape index (κ1) is 9.48. The largest absolute Gasteiger partial charge is 0.392 e. The van der Waals surface area contributed by atoms with E-state index in [9.17, 15) is 0 Å². The van der Waals surface area contributed by atoms with Gasteiger partial charge in [0.1, 0.15) is 0 Å². The lowest BCUT2D eigenvalue weighted by atomic mass is 10.4. The van der Waals surface area contributed by atoms with Crippen molar-refractivity contribution in [1.29, 1.82) is 0 Å². The SMILES string of the molecule is CC#CCCNC[C@H](C)O. The summed E-state index contributed by atoms with van der Waals surface area (Å²) >= 11 is 0. The van der Waals surface area contributed by atoms with Crippen LogP contribution in [0.1, 0.15) is 20.3 Å². The maximum Gasteiger partial charge on any atom is 0.0636 e. The molecule has 0 aromatic carbocycles. The first-order valence-corrected chi connectivity index (χ1v) is 3.55. The first-order chi connectivity index (χ1) is 4.77. The van der Waals surface area contributed by atoms with Crippen LogP contribution in [0.5, 0.6) is 0 Å². The highest BCUT2D eigenvalue weighted by Crippen LogP contribution is 1.76. The summed E-state index contributed by atoms with van der Waals surface area (Å²) in [5, 5.41) is 11.9. The van der Waals surface area contributed by atoms with Gasteiger partial charge in [-0.05, 0) is 13.8 Å². The minimum Gasteiger partial charge on any atom is -0.392 e. The third kappa shape index (κ3) is 7.48. The molecule has 1 atom stereocenters. The van der Waals surface area contributed by atoms with Crippen LogP contribution >= 0.6 is 0 Å². The molecule has 0 spiro atoms. The molecule has 0 heterocycles. The summed E-state index contributed by atoms with van der Waals surface area (Å²) in [6, 6.07) is 0. The van der Waals surface area contributed by atoms with Crippen molar-refractivity contribution in [3.05, 3.63) is 0 Å². The summed E-state index contributed by atoms with van der Waals surface area (Å²) in [7, 11) is 0. The zero-order valence-corrected chi connectivity index (χ0v) is 6.65. The van der Waals surface area contributed by atoms with Crippen LogP contribution in [0.3, 0.4) is 0 Å². The van der Waals surface area contributed by atoms with E-state index in [1.807, 2.05) is 6.92 Å². The van der Waals surface area contributed by atoms with Crippen LogP contribution in [0.25, 0.3) is 0 Å². The minimum absolute atomic E-state index is 0.255. The number of aliphatic hydroxyl groups is 1. The van der Waals surface area contributed by atoms with Crippen molar-refractivity contribution in [3.8, 4) is 11.8 Å². The second-order valence-corrected chi connectivity index (χ2v) is 2.23. The smallest absolute Gasteiger partial charge is 0.0636 e. The molecular formula is C8H15NO. The summed E-state index contributed by atoms with van der Waals surface area (Å²) in [4.78, 5) is 0. The fraction of sp³-hybridized carbons (Fsp3) is 0.750. The Balaban J connectivity index is 2.96. The maximum atomic E-state index is 8.81. The Bertz CT molecular complexity index is 121. The topological polar surface area (TPSA) is 32.3 Å². The lowest BCUT2D eigenvalue weighted by Gasteiger charge is -2.03. The molecule has 2 N–H and O–H groups in total. The van der Waals surface area contributed by atoms with E-state index < -0.39 is 0 Å². The molecule has 58 valence electrons. The molecule has 0 aromatic rings. The van der Waals surface area contributed by atoms with Gasteiger partial charge in [0, 0.05) is 19.5 Å². The van der Waals surface area contributed by atoms with Crippen LogP contribution in [0, 0.1) is 11.8 Å². The molecule has 2 nitrogen and oxygen atoms in total. The number of hydrogen-bond acceptors (Lipinski definition) is 2. The molecule has 0 unspecified atom stereocenters. The molecule has 0 aliphatic carbocycles. The van der Waals surface area contributed by atoms with Crippen molar-refractivity contribution in [2.24, 2.45) is 0 Å². The second kappa shape index (κ2) is 6.60. The van der Waals surface area contributed by atoms with Crippen molar-refractivity contribution >= 4 is 0 Å². The van der Waals surface area contributed by atoms with Gasteiger partial charge < -0.3 is 10.4 Å². The molecule has 0 aliphatic rings. The summed E-state index contributed by atoms with van der Waals surface area (Å²) < 4.78 is 0. The molecule has 2 heteroatoms. The van der Waals surface area contributed by atoms with Gasteiger partial charge in [-0.25, -0.2) is 0 Å². The Kier molecular flexibility index (Phi) is 6.25. The molecule has 10 heavy (non-hydrogen) atoms. The zero-order valence-electron chi connectivity index (χ0n) is 6.65. The Morgan fingerprint density at radius 3 is 2.80 bits per heavy atom. The normalized spacial score (nSPS) is 11.9. The highest BCUT2D eigenvalue weighted by molar-refractivity contribution is 4.95. The quantitative estimate of drug-likeness (QED) is 0.438. The molecular weight excluding hydrogens is 126 g/mol. The predicted molar refractivity (Wildman–Crippen MR) is 42.6 cm³/mol. The number of nitrogens with one attached hydrogen (secondary N) is 1. The predicted octanol–water partition coefficient (Wildman–Crippen LogP) is 0.370. The molecule has 0 aromatic heterocycles. The average molecular weight is 141 g/mol. The highest BCUT2D eigenvalue weighted by Gasteiger charge is 1.91.